The van der Waals surface area contributed by atoms with Crippen molar-refractivity contribution in [1.29, 1.82) is 0 Å². The van der Waals surface area contributed by atoms with E-state index in [0.717, 1.165) is 28.0 Å². The van der Waals surface area contributed by atoms with Gasteiger partial charge in [-0.2, -0.15) is 0 Å². The third-order valence-corrected chi connectivity index (χ3v) is 6.25. The number of benzene rings is 1. The Kier molecular flexibility index (Phi) is 4.66. The van der Waals surface area contributed by atoms with Crippen molar-refractivity contribution in [3.05, 3.63) is 76.5 Å². The molecule has 4 aromatic rings. The fourth-order valence-electron chi connectivity index (χ4n) is 3.58. The highest BCUT2D eigenvalue weighted by atomic mass is 35.5. The van der Waals surface area contributed by atoms with E-state index in [0.29, 0.717) is 23.8 Å². The highest BCUT2D eigenvalue weighted by Crippen LogP contribution is 2.30. The fraction of sp³-hybridized carbons (Fsp3) is 0.136. The molecule has 1 aliphatic rings. The Morgan fingerprint density at radius 2 is 2.07 bits per heavy atom. The van der Waals surface area contributed by atoms with Crippen LogP contribution in [0.5, 0.6) is 0 Å². The highest BCUT2D eigenvalue weighted by molar-refractivity contribution is 7.13. The van der Waals surface area contributed by atoms with E-state index in [4.69, 9.17) is 11.6 Å². The van der Waals surface area contributed by atoms with Gasteiger partial charge in [-0.15, -0.1) is 11.3 Å². The van der Waals surface area contributed by atoms with Gasteiger partial charge in [0.05, 0.1) is 0 Å². The van der Waals surface area contributed by atoms with Crippen molar-refractivity contribution in [2.45, 2.75) is 6.42 Å². The van der Waals surface area contributed by atoms with Gasteiger partial charge in [0.25, 0.3) is 5.91 Å². The van der Waals surface area contributed by atoms with E-state index in [1.807, 2.05) is 46.8 Å². The van der Waals surface area contributed by atoms with E-state index in [-0.39, 0.29) is 5.91 Å². The predicted octanol–water partition coefficient (Wildman–Crippen LogP) is 5.27. The molecule has 0 unspecified atom stereocenters. The molecule has 5 nitrogen and oxygen atoms in total. The number of hydrogen-bond acceptors (Lipinski definition) is 4. The molecule has 0 atom stereocenters. The van der Waals surface area contributed by atoms with Crippen LogP contribution in [0, 0.1) is 0 Å². The Hall–Kier alpha value is -2.96. The SMILES string of the molecule is O=C(c1csc(-c2ccc(Cl)cc2)n1)N1CC=C(c2c[nH]c3ncccc23)CC1. The standard InChI is InChI=1S/C22H17ClN4OS/c23-16-5-3-15(4-6-16)21-26-19(13-29-21)22(28)27-10-7-14(8-11-27)18-12-25-20-17(18)2-1-9-24-20/h1-7,9,12-13H,8,10-11H2,(H,24,25). The Balaban J connectivity index is 1.33. The minimum absolute atomic E-state index is 0.0302. The average molecular weight is 421 g/mol. The van der Waals surface area contributed by atoms with Crippen LogP contribution in [0.25, 0.3) is 27.2 Å². The van der Waals surface area contributed by atoms with Gasteiger partial charge in [0.1, 0.15) is 16.3 Å². The molecule has 5 rings (SSSR count). The summed E-state index contributed by atoms with van der Waals surface area (Å²) in [6.07, 6.45) is 6.72. The van der Waals surface area contributed by atoms with E-state index in [9.17, 15) is 4.79 Å². The van der Waals surface area contributed by atoms with E-state index in [1.54, 1.807) is 6.20 Å². The molecule has 144 valence electrons. The van der Waals surface area contributed by atoms with E-state index >= 15 is 0 Å². The van der Waals surface area contributed by atoms with Crippen LogP contribution in [-0.2, 0) is 0 Å². The predicted molar refractivity (Wildman–Crippen MR) is 117 cm³/mol. The number of pyridine rings is 1. The summed E-state index contributed by atoms with van der Waals surface area (Å²) in [5.41, 5.74) is 4.76. The Labute approximate surface area is 176 Å². The lowest BCUT2D eigenvalue weighted by atomic mass is 9.99. The molecule has 0 fully saturated rings. The van der Waals surface area contributed by atoms with Gasteiger partial charge in [-0.1, -0.05) is 29.8 Å². The van der Waals surface area contributed by atoms with Gasteiger partial charge in [-0.05, 0) is 36.3 Å². The number of aromatic amines is 1. The second-order valence-electron chi connectivity index (χ2n) is 6.88. The first-order valence-corrected chi connectivity index (χ1v) is 10.6. The Bertz CT molecular complexity index is 1230. The van der Waals surface area contributed by atoms with Crippen LogP contribution >= 0.6 is 22.9 Å². The summed E-state index contributed by atoms with van der Waals surface area (Å²) < 4.78 is 0. The van der Waals surface area contributed by atoms with Gasteiger partial charge < -0.3 is 9.88 Å². The number of aromatic nitrogens is 3. The lowest BCUT2D eigenvalue weighted by Gasteiger charge is -2.25. The van der Waals surface area contributed by atoms with Crippen LogP contribution in [-0.4, -0.2) is 38.8 Å². The molecule has 3 aromatic heterocycles. The Morgan fingerprint density at radius 1 is 1.21 bits per heavy atom. The maximum Gasteiger partial charge on any atom is 0.273 e. The highest BCUT2D eigenvalue weighted by Gasteiger charge is 2.22. The van der Waals surface area contributed by atoms with Crippen molar-refractivity contribution >= 4 is 45.5 Å². The summed E-state index contributed by atoms with van der Waals surface area (Å²) in [5.74, 6) is -0.0302. The van der Waals surface area contributed by atoms with Crippen LogP contribution < -0.4 is 0 Å². The number of thiazole rings is 1. The fourth-order valence-corrected chi connectivity index (χ4v) is 4.50. The lowest BCUT2D eigenvalue weighted by Crippen LogP contribution is -2.34. The zero-order chi connectivity index (χ0) is 19.8. The third kappa shape index (κ3) is 3.45. The zero-order valence-corrected chi connectivity index (χ0v) is 17.0. The maximum absolute atomic E-state index is 12.9. The van der Waals surface area contributed by atoms with E-state index < -0.39 is 0 Å². The number of nitrogens with one attached hydrogen (secondary N) is 1. The summed E-state index contributed by atoms with van der Waals surface area (Å²) in [6.45, 7) is 1.25. The summed E-state index contributed by atoms with van der Waals surface area (Å²) in [7, 11) is 0. The molecule has 29 heavy (non-hydrogen) atoms. The first-order valence-electron chi connectivity index (χ1n) is 9.31. The zero-order valence-electron chi connectivity index (χ0n) is 15.4. The number of hydrogen-bond donors (Lipinski definition) is 1. The van der Waals surface area contributed by atoms with Crippen LogP contribution in [0.4, 0.5) is 0 Å². The number of H-pyrrole nitrogens is 1. The van der Waals surface area contributed by atoms with E-state index in [2.05, 4.69) is 27.1 Å². The van der Waals surface area contributed by atoms with Crippen molar-refractivity contribution in [3.63, 3.8) is 0 Å². The first-order chi connectivity index (χ1) is 14.2. The maximum atomic E-state index is 12.9. The minimum atomic E-state index is -0.0302. The normalized spacial score (nSPS) is 14.2. The molecule has 0 bridgehead atoms. The molecule has 1 aliphatic heterocycles. The summed E-state index contributed by atoms with van der Waals surface area (Å²) in [4.78, 5) is 26.9. The van der Waals surface area contributed by atoms with Crippen LogP contribution in [0.3, 0.4) is 0 Å². The van der Waals surface area contributed by atoms with Gasteiger partial charge in [0.2, 0.25) is 0 Å². The topological polar surface area (TPSA) is 61.9 Å². The molecule has 0 spiro atoms. The van der Waals surface area contributed by atoms with Crippen molar-refractivity contribution < 1.29 is 4.79 Å². The first kappa shape index (κ1) is 18.1. The molecule has 0 saturated heterocycles. The molecular weight excluding hydrogens is 404 g/mol. The number of halogens is 1. The van der Waals surface area contributed by atoms with Gasteiger partial charge in [-0.25, -0.2) is 9.97 Å². The number of carbonyl (C=O) groups is 1. The summed E-state index contributed by atoms with van der Waals surface area (Å²) in [5, 5.41) is 4.45. The lowest BCUT2D eigenvalue weighted by molar-refractivity contribution is 0.0768. The second kappa shape index (κ2) is 7.46. The number of rotatable bonds is 3. The molecule has 0 radical (unpaired) electrons. The molecular formula is C22H17ClN4OS. The minimum Gasteiger partial charge on any atom is -0.346 e. The van der Waals surface area contributed by atoms with Crippen molar-refractivity contribution in [1.82, 2.24) is 19.9 Å². The average Bonchev–Trinajstić information content (AvgIpc) is 3.42. The third-order valence-electron chi connectivity index (χ3n) is 5.11. The second-order valence-corrected chi connectivity index (χ2v) is 8.17. The summed E-state index contributed by atoms with van der Waals surface area (Å²) >= 11 is 7.42. The molecule has 0 aliphatic carbocycles. The van der Waals surface area contributed by atoms with Gasteiger partial charge in [-0.3, -0.25) is 4.79 Å². The van der Waals surface area contributed by atoms with Crippen LogP contribution in [0.15, 0.2) is 60.2 Å². The van der Waals surface area contributed by atoms with Crippen molar-refractivity contribution in [3.8, 4) is 10.6 Å². The molecule has 1 aromatic carbocycles. The van der Waals surface area contributed by atoms with Gasteiger partial charge in [0, 0.05) is 52.4 Å². The van der Waals surface area contributed by atoms with E-state index in [1.165, 1.54) is 22.5 Å². The largest absolute Gasteiger partial charge is 0.346 e. The number of fused-ring (bicyclic) bond motifs is 1. The van der Waals surface area contributed by atoms with Crippen LogP contribution in [0.1, 0.15) is 22.5 Å². The molecule has 0 saturated carbocycles. The Morgan fingerprint density at radius 3 is 2.86 bits per heavy atom. The molecule has 7 heteroatoms. The van der Waals surface area contributed by atoms with Gasteiger partial charge >= 0.3 is 0 Å². The number of carbonyl (C=O) groups excluding carboxylic acids is 1. The van der Waals surface area contributed by atoms with Crippen LogP contribution in [0.2, 0.25) is 5.02 Å². The molecule has 4 heterocycles. The summed E-state index contributed by atoms with van der Waals surface area (Å²) in [6, 6.07) is 11.5. The monoisotopic (exact) mass is 420 g/mol. The van der Waals surface area contributed by atoms with Crippen molar-refractivity contribution in [2.75, 3.05) is 13.1 Å². The quantitative estimate of drug-likeness (QED) is 0.491. The molecule has 1 amide bonds. The smallest absolute Gasteiger partial charge is 0.273 e. The van der Waals surface area contributed by atoms with Gasteiger partial charge in [0.15, 0.2) is 0 Å². The number of nitrogens with zero attached hydrogens (tertiary/aromatic N) is 3. The molecule has 1 N–H and O–H groups in total. The number of amides is 1. The van der Waals surface area contributed by atoms with Crippen molar-refractivity contribution in [2.24, 2.45) is 0 Å².